The predicted octanol–water partition coefficient (Wildman–Crippen LogP) is 5.35. The third-order valence-corrected chi connectivity index (χ3v) is 7.21. The molecule has 3 aliphatic rings. The van der Waals surface area contributed by atoms with E-state index in [1.165, 1.54) is 6.42 Å². The minimum Gasteiger partial charge on any atom is -0.456 e. The van der Waals surface area contributed by atoms with Crippen molar-refractivity contribution in [2.45, 2.75) is 37.8 Å². The number of fused-ring (bicyclic) bond motifs is 4. The molecule has 2 aromatic carbocycles. The molecule has 4 heteroatoms. The van der Waals surface area contributed by atoms with Crippen LogP contribution in [-0.4, -0.2) is 35.0 Å². The molecule has 0 N–H and O–H groups in total. The maximum atomic E-state index is 13.0. The van der Waals surface area contributed by atoms with Gasteiger partial charge in [0.1, 0.15) is 6.10 Å². The van der Waals surface area contributed by atoms with E-state index in [2.05, 4.69) is 40.7 Å². The van der Waals surface area contributed by atoms with Crippen molar-refractivity contribution in [1.29, 1.82) is 0 Å². The van der Waals surface area contributed by atoms with Gasteiger partial charge in [-0.1, -0.05) is 54.6 Å². The number of aromatic nitrogens is 1. The molecule has 3 aliphatic heterocycles. The first kappa shape index (κ1) is 20.9. The van der Waals surface area contributed by atoms with E-state index in [4.69, 9.17) is 4.74 Å². The van der Waals surface area contributed by atoms with Crippen LogP contribution in [0.4, 0.5) is 0 Å². The maximum absolute atomic E-state index is 13.0. The molecule has 3 fully saturated rings. The molecule has 0 saturated carbocycles. The first-order chi connectivity index (χ1) is 15.7. The van der Waals surface area contributed by atoms with Crippen LogP contribution in [0.15, 0.2) is 79.5 Å². The summed E-state index contributed by atoms with van der Waals surface area (Å²) in [7, 11) is 0. The first-order valence-electron chi connectivity index (χ1n) is 11.7. The molecule has 3 aromatic rings. The predicted molar refractivity (Wildman–Crippen MR) is 127 cm³/mol. The van der Waals surface area contributed by atoms with E-state index in [0.717, 1.165) is 41.5 Å². The van der Waals surface area contributed by atoms with Crippen molar-refractivity contribution in [3.05, 3.63) is 90.6 Å². The number of nitrogens with zero attached hydrogens (tertiary/aromatic N) is 2. The molecule has 1 unspecified atom stereocenters. The highest BCUT2D eigenvalue weighted by atomic mass is 16.5. The second kappa shape index (κ2) is 9.25. The fourth-order valence-corrected chi connectivity index (χ4v) is 5.50. The van der Waals surface area contributed by atoms with E-state index in [-0.39, 0.29) is 18.1 Å². The highest BCUT2D eigenvalue weighted by Gasteiger charge is 2.44. The number of ether oxygens (including phenoxy) is 1. The smallest absolute Gasteiger partial charge is 0.306 e. The summed E-state index contributed by atoms with van der Waals surface area (Å²) in [5.74, 6) is 1.01. The molecule has 32 heavy (non-hydrogen) atoms. The van der Waals surface area contributed by atoms with Crippen molar-refractivity contribution in [2.75, 3.05) is 13.1 Å². The Kier molecular flexibility index (Phi) is 6.04. The molecule has 3 saturated heterocycles. The molecule has 5 atom stereocenters. The maximum Gasteiger partial charge on any atom is 0.306 e. The largest absolute Gasteiger partial charge is 0.456 e. The Balaban J connectivity index is 1.43. The van der Waals surface area contributed by atoms with Gasteiger partial charge in [0.05, 0.1) is 11.6 Å². The number of esters is 1. The zero-order chi connectivity index (χ0) is 21.9. The molecule has 0 spiro atoms. The molecule has 6 rings (SSSR count). The summed E-state index contributed by atoms with van der Waals surface area (Å²) in [5.41, 5.74) is 3.16. The normalized spacial score (nSPS) is 25.4. The minimum atomic E-state index is -0.292. The number of hydrogen-bond acceptors (Lipinski definition) is 4. The Hall–Kier alpha value is -2.98. The van der Waals surface area contributed by atoms with E-state index in [9.17, 15) is 4.79 Å². The van der Waals surface area contributed by atoms with E-state index < -0.39 is 0 Å². The molecule has 4 heterocycles. The summed E-state index contributed by atoms with van der Waals surface area (Å²) >= 11 is 0. The molecule has 0 aliphatic carbocycles. The monoisotopic (exact) mass is 426 g/mol. The summed E-state index contributed by atoms with van der Waals surface area (Å²) in [6, 6.07) is 20.5. The van der Waals surface area contributed by atoms with Crippen LogP contribution in [-0.2, 0) is 16.0 Å². The third kappa shape index (κ3) is 4.20. The molecule has 164 valence electrons. The molecular formula is C28H30N2O2. The van der Waals surface area contributed by atoms with E-state index in [1.807, 2.05) is 48.7 Å². The van der Waals surface area contributed by atoms with Crippen molar-refractivity contribution < 1.29 is 9.53 Å². The van der Waals surface area contributed by atoms with Gasteiger partial charge in [-0.2, -0.15) is 0 Å². The van der Waals surface area contributed by atoms with Crippen LogP contribution in [0.1, 0.15) is 36.5 Å². The second-order valence-corrected chi connectivity index (χ2v) is 9.06. The number of aryl methyl sites for hydroxylation is 1. The van der Waals surface area contributed by atoms with Crippen LogP contribution in [0, 0.1) is 11.8 Å². The lowest BCUT2D eigenvalue weighted by atomic mass is 9.73. The summed E-state index contributed by atoms with van der Waals surface area (Å²) in [4.78, 5) is 20.1. The molecule has 1 aromatic heterocycles. The Morgan fingerprint density at radius 3 is 2.75 bits per heavy atom. The van der Waals surface area contributed by atoms with Gasteiger partial charge >= 0.3 is 5.97 Å². The number of rotatable bonds is 7. The summed E-state index contributed by atoms with van der Waals surface area (Å²) < 4.78 is 6.29. The van der Waals surface area contributed by atoms with Crippen molar-refractivity contribution in [2.24, 2.45) is 11.8 Å². The van der Waals surface area contributed by atoms with E-state index in [1.54, 1.807) is 0 Å². The van der Waals surface area contributed by atoms with Crippen molar-refractivity contribution in [3.8, 4) is 0 Å². The Morgan fingerprint density at radius 2 is 1.97 bits per heavy atom. The van der Waals surface area contributed by atoms with Gasteiger partial charge in [0.15, 0.2) is 0 Å². The molecule has 2 bridgehead atoms. The Labute approximate surface area is 189 Å². The lowest BCUT2D eigenvalue weighted by molar-refractivity contribution is -0.157. The van der Waals surface area contributed by atoms with Gasteiger partial charge in [-0.3, -0.25) is 14.7 Å². The van der Waals surface area contributed by atoms with Crippen LogP contribution < -0.4 is 0 Å². The number of para-hydroxylation sites is 1. The zero-order valence-corrected chi connectivity index (χ0v) is 18.4. The van der Waals surface area contributed by atoms with Gasteiger partial charge in [-0.25, -0.2) is 0 Å². The molecular weight excluding hydrogens is 396 g/mol. The lowest BCUT2D eigenvalue weighted by Crippen LogP contribution is -2.55. The molecule has 0 amide bonds. The average molecular weight is 427 g/mol. The Bertz CT molecular complexity index is 1090. The Morgan fingerprint density at radius 1 is 1.16 bits per heavy atom. The van der Waals surface area contributed by atoms with E-state index in [0.29, 0.717) is 24.7 Å². The second-order valence-electron chi connectivity index (χ2n) is 9.06. The quantitative estimate of drug-likeness (QED) is 0.377. The summed E-state index contributed by atoms with van der Waals surface area (Å²) in [6.07, 6.45) is 6.96. The van der Waals surface area contributed by atoms with Crippen molar-refractivity contribution in [3.63, 3.8) is 0 Å². The highest BCUT2D eigenvalue weighted by molar-refractivity contribution is 5.82. The zero-order valence-electron chi connectivity index (χ0n) is 18.4. The van der Waals surface area contributed by atoms with Crippen molar-refractivity contribution >= 4 is 16.9 Å². The van der Waals surface area contributed by atoms with Crippen LogP contribution >= 0.6 is 0 Å². The number of carbonyl (C=O) groups excluding carboxylic acids is 1. The van der Waals surface area contributed by atoms with Crippen LogP contribution in [0.2, 0.25) is 0 Å². The fourth-order valence-electron chi connectivity index (χ4n) is 5.50. The standard InChI is InChI=1S/C28H30N2O2/c1-2-21-19-30-17-15-22(21)18-26(30)28(24-14-16-29-25-11-7-6-10-23(24)25)32-27(31)13-12-20-8-4-3-5-9-20/h2-11,14,16,21-22,26,28H,1,12-13,15,17-19H2/t21-,22-,26+,28-/m0/s1. The topological polar surface area (TPSA) is 42.4 Å². The number of pyridine rings is 1. The summed E-state index contributed by atoms with van der Waals surface area (Å²) in [6.45, 7) is 6.11. The lowest BCUT2D eigenvalue weighted by Gasteiger charge is -2.51. The SMILES string of the molecule is C=C[C@H]1CN2CC[C@H]1C[C@@H]2[C@@H](OC(=O)CCc1ccccc1)c1ccnc2ccccc12. The van der Waals surface area contributed by atoms with Gasteiger partial charge in [0.2, 0.25) is 0 Å². The van der Waals surface area contributed by atoms with Gasteiger partial charge in [0, 0.05) is 30.1 Å². The van der Waals surface area contributed by atoms with E-state index >= 15 is 0 Å². The average Bonchev–Trinajstić information content (AvgIpc) is 2.86. The van der Waals surface area contributed by atoms with Crippen molar-refractivity contribution in [1.82, 2.24) is 9.88 Å². The van der Waals surface area contributed by atoms with Gasteiger partial charge < -0.3 is 4.74 Å². The number of piperidine rings is 3. The van der Waals surface area contributed by atoms with Crippen LogP contribution in [0.3, 0.4) is 0 Å². The fraction of sp³-hybridized carbons (Fsp3) is 0.357. The molecule has 0 radical (unpaired) electrons. The first-order valence-corrected chi connectivity index (χ1v) is 11.7. The van der Waals surface area contributed by atoms with Crippen LogP contribution in [0.25, 0.3) is 10.9 Å². The highest BCUT2D eigenvalue weighted by Crippen LogP contribution is 2.43. The third-order valence-electron chi connectivity index (χ3n) is 7.21. The number of hydrogen-bond donors (Lipinski definition) is 0. The number of benzene rings is 2. The summed E-state index contributed by atoms with van der Waals surface area (Å²) in [5, 5.41) is 1.07. The molecule has 4 nitrogen and oxygen atoms in total. The van der Waals surface area contributed by atoms with Gasteiger partial charge in [-0.15, -0.1) is 6.58 Å². The van der Waals surface area contributed by atoms with Gasteiger partial charge in [0.25, 0.3) is 0 Å². The number of carbonyl (C=O) groups is 1. The van der Waals surface area contributed by atoms with Crippen LogP contribution in [0.5, 0.6) is 0 Å². The van der Waals surface area contributed by atoms with Gasteiger partial charge in [-0.05, 0) is 55.3 Å². The minimum absolute atomic E-state index is 0.136.